The van der Waals surface area contributed by atoms with Gasteiger partial charge in [0.15, 0.2) is 11.6 Å². The molecule has 1 aliphatic heterocycles. The molecule has 2 aromatic rings. The molecule has 5 amide bonds. The van der Waals surface area contributed by atoms with Crippen LogP contribution in [0.4, 0.5) is 0 Å². The number of rotatable bonds is 7. The lowest BCUT2D eigenvalue weighted by Crippen LogP contribution is -2.55. The Balaban J connectivity index is 1.54. The monoisotopic (exact) mass is 685 g/mol. The maximum atomic E-state index is 13.8. The molecule has 50 heavy (non-hydrogen) atoms. The Bertz CT molecular complexity index is 1550. The molecule has 12 heteroatoms. The van der Waals surface area contributed by atoms with Gasteiger partial charge in [-0.25, -0.2) is 0 Å². The van der Waals surface area contributed by atoms with Crippen molar-refractivity contribution in [1.29, 1.82) is 0 Å². The smallest absolute Gasteiger partial charge is 0.244 e. The predicted octanol–water partition coefficient (Wildman–Crippen LogP) is 2.58. The van der Waals surface area contributed by atoms with E-state index < -0.39 is 53.4 Å². The molecular formula is C38H47N5O7. The van der Waals surface area contributed by atoms with Gasteiger partial charge >= 0.3 is 0 Å². The van der Waals surface area contributed by atoms with Crippen LogP contribution in [0.5, 0.6) is 0 Å². The van der Waals surface area contributed by atoms with E-state index in [1.807, 2.05) is 6.07 Å². The Labute approximate surface area is 292 Å². The molecule has 0 aromatic heterocycles. The van der Waals surface area contributed by atoms with Gasteiger partial charge in [-0.15, -0.1) is 0 Å². The van der Waals surface area contributed by atoms with Crippen LogP contribution in [0.3, 0.4) is 0 Å². The standard InChI is InChI=1S/C38H47N5O7/c39-36(48)30-13-7-8-22-40-37(49)31(24-26-14-16-28(17-15-26)35(47)27-11-5-2-6-12-27)43-38(50)32(23-25-9-3-1-4-10-25)42-34(46)21-19-29(44)18-20-33(45)41-30/h2,5-6,11-12,14-18,20,25,30-32H,1,3-4,7-10,13,19,21-24H2,(H2,39,48)(H,40,49)(H,41,45)(H,42,46)(H,43,50)/b20-18+/t30-,31?,32-/m0/s1. The third-order valence-corrected chi connectivity index (χ3v) is 9.17. The van der Waals surface area contributed by atoms with Gasteiger partial charge in [0, 0.05) is 43.0 Å². The first-order valence-electron chi connectivity index (χ1n) is 17.5. The van der Waals surface area contributed by atoms with E-state index >= 15 is 0 Å². The van der Waals surface area contributed by atoms with E-state index in [4.69, 9.17) is 5.73 Å². The third kappa shape index (κ3) is 12.1. The van der Waals surface area contributed by atoms with Crippen LogP contribution in [0.15, 0.2) is 66.7 Å². The SMILES string of the molecule is NC(=O)[C@@H]1CCCCNC(=O)C(Cc2ccc(C(=O)c3ccccc3)cc2)NC(=O)[C@H](CC2CCCCC2)NC(=O)CCC(=O)/C=C/C(=O)N1. The summed E-state index contributed by atoms with van der Waals surface area (Å²) >= 11 is 0. The molecule has 1 fully saturated rings. The van der Waals surface area contributed by atoms with Crippen LogP contribution in [0, 0.1) is 5.92 Å². The molecule has 0 saturated heterocycles. The molecule has 2 aliphatic rings. The van der Waals surface area contributed by atoms with Crippen molar-refractivity contribution >= 4 is 41.1 Å². The second-order valence-corrected chi connectivity index (χ2v) is 13.1. The largest absolute Gasteiger partial charge is 0.368 e. The van der Waals surface area contributed by atoms with E-state index in [0.29, 0.717) is 36.0 Å². The Hall–Kier alpha value is -5.13. The van der Waals surface area contributed by atoms with Crippen molar-refractivity contribution in [2.45, 2.75) is 95.2 Å². The molecule has 1 heterocycles. The van der Waals surface area contributed by atoms with Crippen molar-refractivity contribution in [3.63, 3.8) is 0 Å². The van der Waals surface area contributed by atoms with E-state index in [0.717, 1.165) is 44.3 Å². The Morgan fingerprint density at radius 2 is 1.36 bits per heavy atom. The summed E-state index contributed by atoms with van der Waals surface area (Å²) in [5.74, 6) is -3.22. The normalized spacial score (nSPS) is 23.0. The second-order valence-electron chi connectivity index (χ2n) is 13.1. The topological polar surface area (TPSA) is 194 Å². The first kappa shape index (κ1) is 37.7. The minimum atomic E-state index is -1.00. The molecule has 0 bridgehead atoms. The lowest BCUT2D eigenvalue weighted by atomic mass is 9.84. The summed E-state index contributed by atoms with van der Waals surface area (Å²) in [6.45, 7) is 0.228. The molecule has 0 radical (unpaired) electrons. The summed E-state index contributed by atoms with van der Waals surface area (Å²) in [6, 6.07) is 12.9. The number of ketones is 2. The fourth-order valence-corrected chi connectivity index (χ4v) is 6.32. The van der Waals surface area contributed by atoms with Crippen molar-refractivity contribution in [2.24, 2.45) is 11.7 Å². The molecule has 1 aliphatic carbocycles. The molecule has 2 aromatic carbocycles. The number of nitrogens with one attached hydrogen (secondary N) is 4. The van der Waals surface area contributed by atoms with E-state index in [9.17, 15) is 33.6 Å². The Morgan fingerprint density at radius 3 is 2.06 bits per heavy atom. The predicted molar refractivity (Wildman–Crippen MR) is 186 cm³/mol. The van der Waals surface area contributed by atoms with Crippen LogP contribution in [0.25, 0.3) is 0 Å². The van der Waals surface area contributed by atoms with Crippen molar-refractivity contribution in [1.82, 2.24) is 21.3 Å². The summed E-state index contributed by atoms with van der Waals surface area (Å²) in [6.07, 6.45) is 8.35. The lowest BCUT2D eigenvalue weighted by molar-refractivity contribution is -0.132. The van der Waals surface area contributed by atoms with Gasteiger partial charge in [0.1, 0.15) is 18.1 Å². The van der Waals surface area contributed by atoms with Gasteiger partial charge in [0.25, 0.3) is 0 Å². The number of primary amides is 1. The second kappa shape index (κ2) is 19.2. The molecule has 4 rings (SSSR count). The van der Waals surface area contributed by atoms with Gasteiger partial charge in [-0.1, -0.05) is 86.7 Å². The van der Waals surface area contributed by atoms with Gasteiger partial charge in [-0.05, 0) is 43.2 Å². The van der Waals surface area contributed by atoms with Crippen molar-refractivity contribution in [3.05, 3.63) is 83.4 Å². The molecular weight excluding hydrogens is 638 g/mol. The number of carbonyl (C=O) groups excluding carboxylic acids is 7. The average molecular weight is 686 g/mol. The minimum absolute atomic E-state index is 0.123. The summed E-state index contributed by atoms with van der Waals surface area (Å²) in [7, 11) is 0. The Kier molecular flexibility index (Phi) is 14.4. The van der Waals surface area contributed by atoms with Gasteiger partial charge in [-0.3, -0.25) is 33.6 Å². The molecule has 1 saturated carbocycles. The van der Waals surface area contributed by atoms with Gasteiger partial charge < -0.3 is 27.0 Å². The third-order valence-electron chi connectivity index (χ3n) is 9.17. The number of benzene rings is 2. The minimum Gasteiger partial charge on any atom is -0.368 e. The van der Waals surface area contributed by atoms with Crippen LogP contribution < -0.4 is 27.0 Å². The fourth-order valence-electron chi connectivity index (χ4n) is 6.32. The highest BCUT2D eigenvalue weighted by Crippen LogP contribution is 2.27. The lowest BCUT2D eigenvalue weighted by Gasteiger charge is -2.28. The highest BCUT2D eigenvalue weighted by atomic mass is 16.2. The number of hydrogen-bond acceptors (Lipinski definition) is 7. The maximum absolute atomic E-state index is 13.8. The first-order chi connectivity index (χ1) is 24.1. The van der Waals surface area contributed by atoms with Gasteiger partial charge in [0.2, 0.25) is 29.5 Å². The zero-order chi connectivity index (χ0) is 35.9. The number of amides is 5. The molecule has 1 unspecified atom stereocenters. The Morgan fingerprint density at radius 1 is 0.680 bits per heavy atom. The molecule has 3 atom stereocenters. The van der Waals surface area contributed by atoms with Crippen molar-refractivity contribution < 1.29 is 33.6 Å². The molecule has 12 nitrogen and oxygen atoms in total. The van der Waals surface area contributed by atoms with Gasteiger partial charge in [0.05, 0.1) is 0 Å². The zero-order valence-corrected chi connectivity index (χ0v) is 28.3. The number of nitrogens with two attached hydrogens (primary N) is 1. The quantitative estimate of drug-likeness (QED) is 0.277. The van der Waals surface area contributed by atoms with E-state index in [2.05, 4.69) is 21.3 Å². The molecule has 0 spiro atoms. The summed E-state index contributed by atoms with van der Waals surface area (Å²) in [5.41, 5.74) is 7.21. The van der Waals surface area contributed by atoms with Crippen LogP contribution in [-0.4, -0.2) is 65.8 Å². The van der Waals surface area contributed by atoms with E-state index in [1.165, 1.54) is 0 Å². The summed E-state index contributed by atoms with van der Waals surface area (Å²) in [5, 5.41) is 11.0. The molecule has 266 valence electrons. The van der Waals surface area contributed by atoms with Crippen LogP contribution in [0.1, 0.15) is 92.1 Å². The first-order valence-corrected chi connectivity index (χ1v) is 17.5. The summed E-state index contributed by atoms with van der Waals surface area (Å²) < 4.78 is 0. The maximum Gasteiger partial charge on any atom is 0.244 e. The average Bonchev–Trinajstić information content (AvgIpc) is 3.12. The van der Waals surface area contributed by atoms with Crippen LogP contribution in [-0.2, 0) is 35.2 Å². The highest BCUT2D eigenvalue weighted by molar-refractivity contribution is 6.09. The number of hydrogen-bond donors (Lipinski definition) is 5. The highest BCUT2D eigenvalue weighted by Gasteiger charge is 2.30. The van der Waals surface area contributed by atoms with Crippen LogP contribution >= 0.6 is 0 Å². The molecule has 6 N–H and O–H groups in total. The van der Waals surface area contributed by atoms with Crippen molar-refractivity contribution in [2.75, 3.05) is 6.54 Å². The van der Waals surface area contributed by atoms with E-state index in [-0.39, 0.29) is 43.9 Å². The van der Waals surface area contributed by atoms with Crippen LogP contribution in [0.2, 0.25) is 0 Å². The van der Waals surface area contributed by atoms with Crippen molar-refractivity contribution in [3.8, 4) is 0 Å². The zero-order valence-electron chi connectivity index (χ0n) is 28.3. The number of allylic oxidation sites excluding steroid dienone is 1. The summed E-state index contributed by atoms with van der Waals surface area (Å²) in [4.78, 5) is 90.0. The fraction of sp³-hybridized carbons (Fsp3) is 0.447. The van der Waals surface area contributed by atoms with Gasteiger partial charge in [-0.2, -0.15) is 0 Å². The number of carbonyl (C=O) groups is 7. The van der Waals surface area contributed by atoms with E-state index in [1.54, 1.807) is 48.5 Å².